The van der Waals surface area contributed by atoms with Gasteiger partial charge in [0.15, 0.2) is 0 Å². The summed E-state index contributed by atoms with van der Waals surface area (Å²) >= 11 is 6.10. The summed E-state index contributed by atoms with van der Waals surface area (Å²) in [4.78, 5) is 19.5. The molecule has 1 saturated heterocycles. The third kappa shape index (κ3) is 7.76. The quantitative estimate of drug-likeness (QED) is 0.162. The van der Waals surface area contributed by atoms with Crippen molar-refractivity contribution < 1.29 is 14.3 Å². The van der Waals surface area contributed by atoms with E-state index in [0.29, 0.717) is 53.0 Å². The van der Waals surface area contributed by atoms with Crippen LogP contribution in [0.3, 0.4) is 0 Å². The average molecular weight is 564 g/mol. The minimum atomic E-state index is -0.0608. The molecule has 1 fully saturated rings. The van der Waals surface area contributed by atoms with Gasteiger partial charge in [0, 0.05) is 47.9 Å². The topological polar surface area (TPSA) is 81.0 Å². The Balaban J connectivity index is 1.84. The van der Waals surface area contributed by atoms with E-state index in [1.807, 2.05) is 25.3 Å². The van der Waals surface area contributed by atoms with Gasteiger partial charge in [-0.3, -0.25) is 9.48 Å². The predicted molar refractivity (Wildman–Crippen MR) is 162 cm³/mol. The fourth-order valence-corrected chi connectivity index (χ4v) is 4.14. The Bertz CT molecular complexity index is 1350. The third-order valence-electron chi connectivity index (χ3n) is 6.67. The number of aliphatic imine (C=N–C) groups is 1. The molecular formula is C31H38ClN5O3. The number of nitrogens with one attached hydrogen (secondary N) is 1. The van der Waals surface area contributed by atoms with E-state index in [1.54, 1.807) is 47.2 Å². The van der Waals surface area contributed by atoms with E-state index in [2.05, 4.69) is 49.0 Å². The first-order valence-electron chi connectivity index (χ1n) is 13.1. The molecule has 1 aliphatic heterocycles. The number of ether oxygens (including phenoxy) is 2. The van der Waals surface area contributed by atoms with E-state index in [1.165, 1.54) is 0 Å². The molecule has 212 valence electrons. The normalized spacial score (nSPS) is 15.4. The van der Waals surface area contributed by atoms with Crippen LogP contribution in [0, 0.1) is 5.92 Å². The number of aromatic nitrogens is 2. The molecule has 0 aliphatic carbocycles. The van der Waals surface area contributed by atoms with Gasteiger partial charge in [-0.1, -0.05) is 63.4 Å². The van der Waals surface area contributed by atoms with Crippen LogP contribution in [0.1, 0.15) is 47.4 Å². The van der Waals surface area contributed by atoms with Gasteiger partial charge in [-0.05, 0) is 30.7 Å². The van der Waals surface area contributed by atoms with Gasteiger partial charge in [0.2, 0.25) is 5.90 Å². The fraction of sp³-hybridized carbons (Fsp3) is 0.323. The summed E-state index contributed by atoms with van der Waals surface area (Å²) in [6, 6.07) is 7.28. The lowest BCUT2D eigenvalue weighted by molar-refractivity contribution is 0.0754. The second kappa shape index (κ2) is 14.4. The molecule has 3 rings (SSSR count). The molecule has 1 aromatic carbocycles. The first kappa shape index (κ1) is 30.5. The van der Waals surface area contributed by atoms with Crippen LogP contribution < -0.4 is 5.32 Å². The number of hydrogen-bond acceptors (Lipinski definition) is 6. The largest absolute Gasteiger partial charge is 0.491 e. The highest BCUT2D eigenvalue weighted by Gasteiger charge is 2.21. The van der Waals surface area contributed by atoms with Gasteiger partial charge in [-0.25, -0.2) is 4.99 Å². The van der Waals surface area contributed by atoms with Crippen LogP contribution in [0.15, 0.2) is 89.9 Å². The maximum Gasteiger partial charge on any atom is 0.254 e. The van der Waals surface area contributed by atoms with Gasteiger partial charge in [0.05, 0.1) is 42.6 Å². The molecular weight excluding hydrogens is 526 g/mol. The lowest BCUT2D eigenvalue weighted by Gasteiger charge is -2.29. The number of benzene rings is 1. The zero-order valence-corrected chi connectivity index (χ0v) is 24.5. The molecule has 0 bridgehead atoms. The summed E-state index contributed by atoms with van der Waals surface area (Å²) in [5.74, 6) is 1.26. The van der Waals surface area contributed by atoms with Gasteiger partial charge in [-0.2, -0.15) is 5.10 Å². The third-order valence-corrected chi connectivity index (χ3v) is 6.95. The first-order valence-corrected chi connectivity index (χ1v) is 13.5. The number of methoxy groups -OCH3 is 1. The number of allylic oxidation sites excluding steroid dienone is 5. The van der Waals surface area contributed by atoms with Crippen molar-refractivity contribution >= 4 is 29.1 Å². The zero-order valence-electron chi connectivity index (χ0n) is 23.7. The Morgan fingerprint density at radius 2 is 2.08 bits per heavy atom. The van der Waals surface area contributed by atoms with Crippen molar-refractivity contribution in [2.24, 2.45) is 18.0 Å². The van der Waals surface area contributed by atoms with Gasteiger partial charge >= 0.3 is 0 Å². The van der Waals surface area contributed by atoms with E-state index < -0.39 is 0 Å². The molecule has 2 heterocycles. The highest BCUT2D eigenvalue weighted by Crippen LogP contribution is 2.23. The van der Waals surface area contributed by atoms with Gasteiger partial charge < -0.3 is 19.7 Å². The summed E-state index contributed by atoms with van der Waals surface area (Å²) in [5.41, 5.74) is 4.02. The molecule has 9 heteroatoms. The first-order chi connectivity index (χ1) is 19.2. The Morgan fingerprint density at radius 3 is 2.75 bits per heavy atom. The fourth-order valence-electron chi connectivity index (χ4n) is 4.07. The van der Waals surface area contributed by atoms with Crippen molar-refractivity contribution in [3.8, 4) is 0 Å². The number of carbonyl (C=O) groups excluding carboxylic acids is 1. The lowest BCUT2D eigenvalue weighted by Crippen LogP contribution is -2.44. The number of aryl methyl sites for hydroxylation is 1. The molecule has 1 N–H and O–H groups in total. The van der Waals surface area contributed by atoms with E-state index in [0.717, 1.165) is 23.6 Å². The molecule has 1 amide bonds. The van der Waals surface area contributed by atoms with Crippen LogP contribution in [0.25, 0.3) is 5.70 Å². The minimum absolute atomic E-state index is 0.0608. The van der Waals surface area contributed by atoms with E-state index >= 15 is 0 Å². The molecule has 0 saturated carbocycles. The van der Waals surface area contributed by atoms with Gasteiger partial charge in [-0.15, -0.1) is 0 Å². The van der Waals surface area contributed by atoms with E-state index in [4.69, 9.17) is 21.1 Å². The van der Waals surface area contributed by atoms with E-state index in [-0.39, 0.29) is 18.4 Å². The van der Waals surface area contributed by atoms with Crippen LogP contribution in [0.2, 0.25) is 0 Å². The molecule has 1 aliphatic rings. The Morgan fingerprint density at radius 1 is 1.32 bits per heavy atom. The molecule has 0 radical (unpaired) electrons. The molecule has 1 aromatic heterocycles. The van der Waals surface area contributed by atoms with Crippen molar-refractivity contribution in [2.45, 2.75) is 26.9 Å². The van der Waals surface area contributed by atoms with Crippen LogP contribution in [0.4, 0.5) is 0 Å². The zero-order chi connectivity index (χ0) is 29.2. The summed E-state index contributed by atoms with van der Waals surface area (Å²) in [6.45, 7) is 18.0. The number of nitrogens with zero attached hydrogens (tertiary/aromatic N) is 4. The number of carbonyl (C=O) groups is 1. The minimum Gasteiger partial charge on any atom is -0.491 e. The van der Waals surface area contributed by atoms with Crippen molar-refractivity contribution in [3.05, 3.63) is 107 Å². The maximum atomic E-state index is 13.1. The second-order valence-corrected chi connectivity index (χ2v) is 9.89. The maximum absolute atomic E-state index is 13.1. The summed E-state index contributed by atoms with van der Waals surface area (Å²) in [5, 5.41) is 8.11. The molecule has 2 aromatic rings. The average Bonchev–Trinajstić information content (AvgIpc) is 3.34. The van der Waals surface area contributed by atoms with E-state index in [9.17, 15) is 4.79 Å². The highest BCUT2D eigenvalue weighted by atomic mass is 35.5. The smallest absolute Gasteiger partial charge is 0.254 e. The van der Waals surface area contributed by atoms with Gasteiger partial charge in [0.25, 0.3) is 5.91 Å². The summed E-state index contributed by atoms with van der Waals surface area (Å²) in [6.07, 6.45) is 7.80. The Kier molecular flexibility index (Phi) is 11.0. The molecule has 0 spiro atoms. The Labute approximate surface area is 242 Å². The summed E-state index contributed by atoms with van der Waals surface area (Å²) < 4.78 is 13.6. The standard InChI is InChI=1S/C31H38ClN5O3/c1-8-21(3)29(14-13-26(32)9-2)40-20-28-27(18-34-36(28)6)30(39-7)35-23(5)24-11-10-12-25(17-24)31(38)37-16-15-33-22(4)19-37/h9-14,17-18,21,33H,2,4-5,8,15-16,19-20H2,1,3,6-7H3/b26-13+,29-14+,35-30?. The van der Waals surface area contributed by atoms with Crippen LogP contribution >= 0.6 is 11.6 Å². The van der Waals surface area contributed by atoms with Crippen molar-refractivity contribution in [1.29, 1.82) is 0 Å². The van der Waals surface area contributed by atoms with Crippen LogP contribution in [0.5, 0.6) is 0 Å². The molecule has 1 unspecified atom stereocenters. The number of rotatable bonds is 11. The monoisotopic (exact) mass is 563 g/mol. The number of piperazine rings is 1. The van der Waals surface area contributed by atoms with Crippen molar-refractivity contribution in [1.82, 2.24) is 20.0 Å². The SMILES string of the molecule is C=C/C(Cl)=C\C=C(\OCc1c(C(=NC(=C)c2cccc(C(=O)N3CCNC(=C)C3)c2)OC)cnn1C)C(C)CC. The van der Waals surface area contributed by atoms with Crippen molar-refractivity contribution in [3.63, 3.8) is 0 Å². The van der Waals surface area contributed by atoms with Crippen molar-refractivity contribution in [2.75, 3.05) is 26.7 Å². The number of amides is 1. The predicted octanol–water partition coefficient (Wildman–Crippen LogP) is 5.80. The molecule has 8 nitrogen and oxygen atoms in total. The highest BCUT2D eigenvalue weighted by molar-refractivity contribution is 6.31. The van der Waals surface area contributed by atoms with Gasteiger partial charge in [0.1, 0.15) is 6.61 Å². The summed E-state index contributed by atoms with van der Waals surface area (Å²) in [7, 11) is 3.39. The lowest BCUT2D eigenvalue weighted by atomic mass is 10.1. The molecule has 40 heavy (non-hydrogen) atoms. The Hall–Kier alpha value is -4.04. The molecule has 1 atom stereocenters. The van der Waals surface area contributed by atoms with Crippen LogP contribution in [-0.2, 0) is 23.1 Å². The van der Waals surface area contributed by atoms with Crippen LogP contribution in [-0.4, -0.2) is 53.2 Å². The number of hydrogen-bond donors (Lipinski definition) is 1. The second-order valence-electron chi connectivity index (χ2n) is 9.46. The number of halogens is 1.